The first-order chi connectivity index (χ1) is 23.0. The molecule has 1 unspecified atom stereocenters. The van der Waals surface area contributed by atoms with Gasteiger partial charge in [0.1, 0.15) is 19.8 Å². The number of quaternary nitrogens is 1. The minimum absolute atomic E-state index is 0.0399. The predicted octanol–water partition coefficient (Wildman–Crippen LogP) is 8.94. The first-order valence-corrected chi connectivity index (χ1v) is 19.8. The highest BCUT2D eigenvalue weighted by Gasteiger charge is 2.21. The lowest BCUT2D eigenvalue weighted by Gasteiger charge is -2.28. The fourth-order valence-corrected chi connectivity index (χ4v) is 5.19. The highest BCUT2D eigenvalue weighted by molar-refractivity contribution is 7.45. The van der Waals surface area contributed by atoms with E-state index in [-0.39, 0.29) is 26.1 Å². The molecule has 0 bridgehead atoms. The van der Waals surface area contributed by atoms with Crippen molar-refractivity contribution in [2.24, 2.45) is 0 Å². The Bertz CT molecular complexity index is 970. The molecule has 0 amide bonds. The van der Waals surface area contributed by atoms with Crippen molar-refractivity contribution < 1.29 is 42.1 Å². The summed E-state index contributed by atoms with van der Waals surface area (Å²) in [6.07, 6.45) is 32.9. The van der Waals surface area contributed by atoms with Crippen molar-refractivity contribution in [2.45, 2.75) is 136 Å². The molecular weight excluding hydrogens is 629 g/mol. The van der Waals surface area contributed by atoms with Gasteiger partial charge in [0.15, 0.2) is 6.10 Å². The Balaban J connectivity index is 4.55. The number of esters is 2. The lowest BCUT2D eigenvalue weighted by atomic mass is 10.1. The average molecular weight is 698 g/mol. The summed E-state index contributed by atoms with van der Waals surface area (Å²) in [6.45, 7) is 4.00. The number of rotatable bonds is 32. The molecule has 0 rings (SSSR count). The number of unbranched alkanes of at least 4 members (excludes halogenated alkanes) is 10. The van der Waals surface area contributed by atoms with Crippen LogP contribution in [0.15, 0.2) is 48.6 Å². The lowest BCUT2D eigenvalue weighted by Crippen LogP contribution is -2.37. The number of nitrogens with zero attached hydrogens (tertiary/aromatic N) is 1. The average Bonchev–Trinajstić information content (AvgIpc) is 3.02. The SMILES string of the molecule is CC/C=C/C/C=C/C/C=C/C/C=C/CCCCC(=O)O[C@H](COC(=O)CCCCCCCCCCC)COP(=O)([O-])OCC[N+](C)(C)C. The van der Waals surface area contributed by atoms with Crippen LogP contribution in [0.4, 0.5) is 0 Å². The van der Waals surface area contributed by atoms with Gasteiger partial charge in [-0.2, -0.15) is 0 Å². The third-order valence-corrected chi connectivity index (χ3v) is 8.33. The van der Waals surface area contributed by atoms with Crippen molar-refractivity contribution >= 4 is 19.8 Å². The van der Waals surface area contributed by atoms with E-state index < -0.39 is 32.5 Å². The second kappa shape index (κ2) is 31.0. The van der Waals surface area contributed by atoms with Gasteiger partial charge in [-0.1, -0.05) is 114 Å². The molecular formula is C38H68NO8P. The van der Waals surface area contributed by atoms with Crippen LogP contribution >= 0.6 is 7.82 Å². The van der Waals surface area contributed by atoms with Crippen LogP contribution in [-0.4, -0.2) is 70.0 Å². The first kappa shape index (κ1) is 46.0. The Morgan fingerprint density at radius 2 is 1.19 bits per heavy atom. The largest absolute Gasteiger partial charge is 0.756 e. The van der Waals surface area contributed by atoms with Crippen LogP contribution in [0.1, 0.15) is 129 Å². The van der Waals surface area contributed by atoms with Gasteiger partial charge < -0.3 is 27.9 Å². The van der Waals surface area contributed by atoms with Gasteiger partial charge in [-0.25, -0.2) is 0 Å². The van der Waals surface area contributed by atoms with Crippen molar-refractivity contribution in [3.63, 3.8) is 0 Å². The van der Waals surface area contributed by atoms with Gasteiger partial charge >= 0.3 is 11.9 Å². The molecule has 0 aromatic carbocycles. The van der Waals surface area contributed by atoms with Crippen LogP contribution in [0, 0.1) is 0 Å². The second-order valence-electron chi connectivity index (χ2n) is 13.2. The summed E-state index contributed by atoms with van der Waals surface area (Å²) in [5.74, 6) is -0.892. The van der Waals surface area contributed by atoms with E-state index in [1.807, 2.05) is 21.1 Å². The number of likely N-dealkylation sites (N-methyl/N-ethyl adjacent to an activating group) is 1. The number of hydrogen-bond acceptors (Lipinski definition) is 8. The highest BCUT2D eigenvalue weighted by Crippen LogP contribution is 2.38. The quantitative estimate of drug-likeness (QED) is 0.0225. The zero-order valence-corrected chi connectivity index (χ0v) is 31.8. The van der Waals surface area contributed by atoms with Crippen molar-refractivity contribution in [3.05, 3.63) is 48.6 Å². The Hall–Kier alpha value is -2.03. The molecule has 48 heavy (non-hydrogen) atoms. The van der Waals surface area contributed by atoms with E-state index in [9.17, 15) is 19.0 Å². The topological polar surface area (TPSA) is 111 Å². The van der Waals surface area contributed by atoms with E-state index in [1.54, 1.807) is 0 Å². The van der Waals surface area contributed by atoms with Crippen molar-refractivity contribution in [1.82, 2.24) is 0 Å². The summed E-state index contributed by atoms with van der Waals surface area (Å²) in [5.41, 5.74) is 0. The van der Waals surface area contributed by atoms with Crippen LogP contribution in [0.2, 0.25) is 0 Å². The third-order valence-electron chi connectivity index (χ3n) is 7.36. The summed E-state index contributed by atoms with van der Waals surface area (Å²) in [7, 11) is 1.13. The first-order valence-electron chi connectivity index (χ1n) is 18.3. The smallest absolute Gasteiger partial charge is 0.306 e. The van der Waals surface area contributed by atoms with Gasteiger partial charge in [0.05, 0.1) is 27.7 Å². The number of carbonyl (C=O) groups is 2. The zero-order chi connectivity index (χ0) is 35.8. The lowest BCUT2D eigenvalue weighted by molar-refractivity contribution is -0.870. The molecule has 0 spiro atoms. The number of hydrogen-bond donors (Lipinski definition) is 0. The highest BCUT2D eigenvalue weighted by atomic mass is 31.2. The van der Waals surface area contributed by atoms with E-state index >= 15 is 0 Å². The Morgan fingerprint density at radius 3 is 1.77 bits per heavy atom. The summed E-state index contributed by atoms with van der Waals surface area (Å²) < 4.78 is 33.6. The van der Waals surface area contributed by atoms with Gasteiger partial charge in [-0.05, 0) is 51.4 Å². The van der Waals surface area contributed by atoms with E-state index in [0.717, 1.165) is 57.8 Å². The summed E-state index contributed by atoms with van der Waals surface area (Å²) in [6, 6.07) is 0. The molecule has 0 aromatic rings. The van der Waals surface area contributed by atoms with Crippen LogP contribution in [-0.2, 0) is 32.7 Å². The third kappa shape index (κ3) is 33.9. The van der Waals surface area contributed by atoms with Gasteiger partial charge in [-0.15, -0.1) is 0 Å². The Kier molecular flexibility index (Phi) is 29.7. The number of carbonyl (C=O) groups excluding carboxylic acids is 2. The van der Waals surface area contributed by atoms with E-state index in [4.69, 9.17) is 18.5 Å². The molecule has 0 aromatic heterocycles. The maximum atomic E-state index is 12.6. The molecule has 0 aliphatic heterocycles. The van der Waals surface area contributed by atoms with Gasteiger partial charge in [0.2, 0.25) is 0 Å². The summed E-state index contributed by atoms with van der Waals surface area (Å²) in [5, 5.41) is 0. The number of allylic oxidation sites excluding steroid dienone is 8. The Morgan fingerprint density at radius 1 is 0.667 bits per heavy atom. The second-order valence-corrected chi connectivity index (χ2v) is 14.6. The predicted molar refractivity (Wildman–Crippen MR) is 194 cm³/mol. The zero-order valence-electron chi connectivity index (χ0n) is 30.9. The monoisotopic (exact) mass is 697 g/mol. The normalized spacial score (nSPS) is 14.4. The van der Waals surface area contributed by atoms with Crippen LogP contribution < -0.4 is 4.89 Å². The molecule has 0 heterocycles. The van der Waals surface area contributed by atoms with Crippen LogP contribution in [0.3, 0.4) is 0 Å². The van der Waals surface area contributed by atoms with Gasteiger partial charge in [0, 0.05) is 12.8 Å². The van der Waals surface area contributed by atoms with Gasteiger partial charge in [-0.3, -0.25) is 14.2 Å². The molecule has 0 aliphatic carbocycles. The van der Waals surface area contributed by atoms with E-state index in [0.29, 0.717) is 17.4 Å². The molecule has 0 saturated heterocycles. The van der Waals surface area contributed by atoms with Crippen molar-refractivity contribution in [1.29, 1.82) is 0 Å². The Labute approximate surface area is 293 Å². The minimum atomic E-state index is -4.62. The van der Waals surface area contributed by atoms with Crippen molar-refractivity contribution in [3.8, 4) is 0 Å². The maximum Gasteiger partial charge on any atom is 0.306 e. The number of phosphoric ester groups is 1. The molecule has 2 atom stereocenters. The molecule has 278 valence electrons. The van der Waals surface area contributed by atoms with Crippen molar-refractivity contribution in [2.75, 3.05) is 47.5 Å². The molecule has 9 nitrogen and oxygen atoms in total. The van der Waals surface area contributed by atoms with E-state index in [1.165, 1.54) is 38.5 Å². The molecule has 0 radical (unpaired) electrons. The molecule has 0 aliphatic rings. The fraction of sp³-hybridized carbons (Fsp3) is 0.737. The molecule has 0 saturated carbocycles. The molecule has 0 fully saturated rings. The standard InChI is InChI=1S/C38H68NO8P/c1-6-8-10-12-14-16-17-18-19-20-21-23-25-27-29-31-38(41)47-36(35-46-48(42,43)45-33-32-39(3,4)5)34-44-37(40)30-28-26-24-22-15-13-11-9-7-2/h8,10,14,16,18-19,21,23,36H,6-7,9,11-13,15,17,20,22,24-35H2,1-5H3/b10-8+,16-14+,19-18+,23-21+/t36-/m1/s1. The van der Waals surface area contributed by atoms with E-state index in [2.05, 4.69) is 62.5 Å². The van der Waals surface area contributed by atoms with Crippen LogP contribution in [0.5, 0.6) is 0 Å². The summed E-state index contributed by atoms with van der Waals surface area (Å²) >= 11 is 0. The van der Waals surface area contributed by atoms with Crippen LogP contribution in [0.25, 0.3) is 0 Å². The fourth-order valence-electron chi connectivity index (χ4n) is 4.47. The number of phosphoric acid groups is 1. The number of ether oxygens (including phenoxy) is 2. The summed E-state index contributed by atoms with van der Waals surface area (Å²) in [4.78, 5) is 37.2. The molecule has 0 N–H and O–H groups in total. The molecule has 10 heteroatoms. The maximum absolute atomic E-state index is 12.6. The van der Waals surface area contributed by atoms with Gasteiger partial charge in [0.25, 0.3) is 7.82 Å². The minimum Gasteiger partial charge on any atom is -0.756 e.